The second kappa shape index (κ2) is 6.45. The van der Waals surface area contributed by atoms with Crippen molar-refractivity contribution in [3.05, 3.63) is 76.7 Å². The Labute approximate surface area is 147 Å². The van der Waals surface area contributed by atoms with E-state index in [4.69, 9.17) is 5.11 Å². The topological polar surface area (TPSA) is 127 Å². The third-order valence-corrected chi connectivity index (χ3v) is 5.37. The molecular formula is C17H12N2O6S. The Balaban J connectivity index is 2.28. The van der Waals surface area contributed by atoms with Gasteiger partial charge >= 0.3 is 5.97 Å². The van der Waals surface area contributed by atoms with E-state index < -0.39 is 32.7 Å². The van der Waals surface area contributed by atoms with Crippen molar-refractivity contribution < 1.29 is 23.4 Å². The molecule has 0 fully saturated rings. The maximum atomic E-state index is 12.9. The molecule has 0 aliphatic carbocycles. The molecule has 1 aromatic heterocycles. The lowest BCUT2D eigenvalue weighted by atomic mass is 10.3. The zero-order chi connectivity index (χ0) is 18.9. The highest BCUT2D eigenvalue weighted by Gasteiger charge is 2.23. The van der Waals surface area contributed by atoms with Gasteiger partial charge in [-0.15, -0.1) is 0 Å². The van der Waals surface area contributed by atoms with Crippen LogP contribution in [0.3, 0.4) is 0 Å². The Morgan fingerprint density at radius 1 is 1.00 bits per heavy atom. The first-order valence-electron chi connectivity index (χ1n) is 7.28. The molecule has 2 aromatic carbocycles. The SMILES string of the molecule is O=C(O)c1nn(-c2ccccc2S(=O)(=O)c2ccccc2)cc(O)c1=O. The van der Waals surface area contributed by atoms with Gasteiger partial charge in [0, 0.05) is 0 Å². The average molecular weight is 372 g/mol. The number of hydrogen-bond acceptors (Lipinski definition) is 6. The smallest absolute Gasteiger partial charge is 0.360 e. The standard InChI is InChI=1S/C17H12N2O6S/c20-13-10-19(18-15(16(13)21)17(22)23)12-8-4-5-9-14(12)26(24,25)11-6-2-1-3-7-11/h1-10,20H,(H,22,23). The first-order chi connectivity index (χ1) is 12.3. The number of hydrogen-bond donors (Lipinski definition) is 2. The number of sulfone groups is 1. The van der Waals surface area contributed by atoms with Crippen molar-refractivity contribution in [1.82, 2.24) is 9.78 Å². The third kappa shape index (κ3) is 2.95. The van der Waals surface area contributed by atoms with Gasteiger partial charge in [0.25, 0.3) is 5.43 Å². The number of rotatable bonds is 4. The summed E-state index contributed by atoms with van der Waals surface area (Å²) in [6, 6.07) is 13.4. The monoisotopic (exact) mass is 372 g/mol. The summed E-state index contributed by atoms with van der Waals surface area (Å²) in [5, 5.41) is 22.4. The molecule has 0 amide bonds. The van der Waals surface area contributed by atoms with Crippen LogP contribution < -0.4 is 5.43 Å². The molecule has 26 heavy (non-hydrogen) atoms. The minimum absolute atomic E-state index is 0.00541. The summed E-state index contributed by atoms with van der Waals surface area (Å²) in [5.74, 6) is -2.49. The van der Waals surface area contributed by atoms with E-state index in [0.29, 0.717) is 0 Å². The molecule has 0 saturated carbocycles. The van der Waals surface area contributed by atoms with Crippen molar-refractivity contribution in [2.24, 2.45) is 0 Å². The Morgan fingerprint density at radius 2 is 1.62 bits per heavy atom. The quantitative estimate of drug-likeness (QED) is 0.710. The number of aromatic hydroxyl groups is 1. The highest BCUT2D eigenvalue weighted by molar-refractivity contribution is 7.91. The van der Waals surface area contributed by atoms with Crippen LogP contribution in [0.1, 0.15) is 10.5 Å². The van der Waals surface area contributed by atoms with Crippen LogP contribution in [0.15, 0.2) is 75.4 Å². The van der Waals surface area contributed by atoms with Gasteiger partial charge in [-0.25, -0.2) is 17.9 Å². The lowest BCUT2D eigenvalue weighted by Gasteiger charge is -2.13. The number of nitrogens with zero attached hydrogens (tertiary/aromatic N) is 2. The Bertz CT molecular complexity index is 1150. The molecule has 0 unspecified atom stereocenters. The van der Waals surface area contributed by atoms with Crippen molar-refractivity contribution in [3.8, 4) is 11.4 Å². The summed E-state index contributed by atoms with van der Waals surface area (Å²) in [4.78, 5) is 22.7. The fourth-order valence-electron chi connectivity index (χ4n) is 2.34. The summed E-state index contributed by atoms with van der Waals surface area (Å²) >= 11 is 0. The zero-order valence-corrected chi connectivity index (χ0v) is 13.9. The van der Waals surface area contributed by atoms with E-state index >= 15 is 0 Å². The number of carboxylic acids is 1. The number of carbonyl (C=O) groups is 1. The summed E-state index contributed by atoms with van der Waals surface area (Å²) in [6.45, 7) is 0. The molecule has 1 heterocycles. The normalized spacial score (nSPS) is 11.2. The van der Waals surface area contributed by atoms with Crippen molar-refractivity contribution in [1.29, 1.82) is 0 Å². The summed E-state index contributed by atoms with van der Waals surface area (Å²) in [5.41, 5.74) is -2.08. The van der Waals surface area contributed by atoms with Crippen LogP contribution in [0.2, 0.25) is 0 Å². The van der Waals surface area contributed by atoms with Gasteiger partial charge in [-0.05, 0) is 24.3 Å². The molecule has 0 aliphatic heterocycles. The first kappa shape index (κ1) is 17.4. The molecule has 2 N–H and O–H groups in total. The molecule has 0 saturated heterocycles. The Hall–Kier alpha value is -3.46. The minimum Gasteiger partial charge on any atom is -0.503 e. The molecule has 8 nitrogen and oxygen atoms in total. The molecular weight excluding hydrogens is 360 g/mol. The van der Waals surface area contributed by atoms with Crippen LogP contribution >= 0.6 is 0 Å². The molecule has 132 valence electrons. The predicted octanol–water partition coefficient (Wildman–Crippen LogP) is 1.47. The van der Waals surface area contributed by atoms with Crippen LogP contribution in [-0.2, 0) is 9.84 Å². The van der Waals surface area contributed by atoms with Crippen LogP contribution in [0, 0.1) is 0 Å². The van der Waals surface area contributed by atoms with Crippen molar-refractivity contribution in [2.45, 2.75) is 9.79 Å². The highest BCUT2D eigenvalue weighted by Crippen LogP contribution is 2.26. The summed E-state index contributed by atoms with van der Waals surface area (Å²) in [7, 11) is -3.94. The summed E-state index contributed by atoms with van der Waals surface area (Å²) in [6.07, 6.45) is 0.869. The Kier molecular flexibility index (Phi) is 4.31. The average Bonchev–Trinajstić information content (AvgIpc) is 2.64. The van der Waals surface area contributed by atoms with E-state index in [0.717, 1.165) is 10.9 Å². The van der Waals surface area contributed by atoms with Gasteiger partial charge in [-0.2, -0.15) is 5.10 Å². The first-order valence-corrected chi connectivity index (χ1v) is 8.76. The number of aromatic carboxylic acids is 1. The molecule has 0 spiro atoms. The molecule has 9 heteroatoms. The van der Waals surface area contributed by atoms with Crippen LogP contribution in [0.25, 0.3) is 5.69 Å². The molecule has 0 aliphatic rings. The Morgan fingerprint density at radius 3 is 2.27 bits per heavy atom. The van der Waals surface area contributed by atoms with Gasteiger partial charge in [0.1, 0.15) is 0 Å². The minimum atomic E-state index is -3.94. The molecule has 0 atom stereocenters. The maximum absolute atomic E-state index is 12.9. The fourth-order valence-corrected chi connectivity index (χ4v) is 3.81. The van der Waals surface area contributed by atoms with E-state index in [9.17, 15) is 23.1 Å². The van der Waals surface area contributed by atoms with Gasteiger partial charge in [0.15, 0.2) is 5.75 Å². The van der Waals surface area contributed by atoms with Crippen LogP contribution in [-0.4, -0.2) is 34.4 Å². The highest BCUT2D eigenvalue weighted by atomic mass is 32.2. The van der Waals surface area contributed by atoms with Gasteiger partial charge in [0.05, 0.1) is 21.7 Å². The largest absolute Gasteiger partial charge is 0.503 e. The van der Waals surface area contributed by atoms with Crippen molar-refractivity contribution in [2.75, 3.05) is 0 Å². The van der Waals surface area contributed by atoms with Gasteiger partial charge in [-0.1, -0.05) is 30.3 Å². The number of aromatic nitrogens is 2. The lowest BCUT2D eigenvalue weighted by Crippen LogP contribution is -2.21. The van der Waals surface area contributed by atoms with E-state index in [1.807, 2.05) is 0 Å². The van der Waals surface area contributed by atoms with Gasteiger partial charge in [-0.3, -0.25) is 4.79 Å². The third-order valence-electron chi connectivity index (χ3n) is 3.56. The number of benzene rings is 2. The second-order valence-corrected chi connectivity index (χ2v) is 7.14. The zero-order valence-electron chi connectivity index (χ0n) is 13.1. The lowest BCUT2D eigenvalue weighted by molar-refractivity contribution is 0.0686. The fraction of sp³-hybridized carbons (Fsp3) is 0. The van der Waals surface area contributed by atoms with E-state index in [2.05, 4.69) is 5.10 Å². The molecule has 3 aromatic rings. The number of carboxylic acid groups (broad SMARTS) is 1. The van der Waals surface area contributed by atoms with E-state index in [-0.39, 0.29) is 15.5 Å². The summed E-state index contributed by atoms with van der Waals surface area (Å²) < 4.78 is 26.7. The van der Waals surface area contributed by atoms with Crippen molar-refractivity contribution >= 4 is 15.8 Å². The molecule has 3 rings (SSSR count). The van der Waals surface area contributed by atoms with Crippen molar-refractivity contribution in [3.63, 3.8) is 0 Å². The molecule has 0 radical (unpaired) electrons. The maximum Gasteiger partial charge on any atom is 0.360 e. The van der Waals surface area contributed by atoms with Crippen LogP contribution in [0.5, 0.6) is 5.75 Å². The van der Waals surface area contributed by atoms with Crippen LogP contribution in [0.4, 0.5) is 0 Å². The van der Waals surface area contributed by atoms with Gasteiger partial charge < -0.3 is 10.2 Å². The van der Waals surface area contributed by atoms with Gasteiger partial charge in [0.2, 0.25) is 15.5 Å². The predicted molar refractivity (Wildman–Crippen MR) is 90.4 cm³/mol. The number of para-hydroxylation sites is 1. The van der Waals surface area contributed by atoms with E-state index in [1.54, 1.807) is 18.2 Å². The second-order valence-electron chi connectivity index (χ2n) is 5.23. The molecule has 0 bridgehead atoms. The van der Waals surface area contributed by atoms with E-state index in [1.165, 1.54) is 36.4 Å².